The SMILES string of the molecule is COc1nccc(N(C)C)c1NC(=O)c1c(C)n[nH]c1C. The lowest BCUT2D eigenvalue weighted by Gasteiger charge is -2.19. The quantitative estimate of drug-likeness (QED) is 0.896. The number of rotatable bonds is 4. The lowest BCUT2D eigenvalue weighted by atomic mass is 10.2. The van der Waals surface area contributed by atoms with Crippen LogP contribution in [0.5, 0.6) is 5.88 Å². The van der Waals surface area contributed by atoms with Crippen molar-refractivity contribution in [3.63, 3.8) is 0 Å². The van der Waals surface area contributed by atoms with Gasteiger partial charge < -0.3 is 15.0 Å². The molecule has 0 unspecified atom stereocenters. The minimum absolute atomic E-state index is 0.242. The average molecular weight is 289 g/mol. The summed E-state index contributed by atoms with van der Waals surface area (Å²) in [6.07, 6.45) is 1.64. The Hall–Kier alpha value is -2.57. The highest BCUT2D eigenvalue weighted by atomic mass is 16.5. The Bertz CT molecular complexity index is 644. The van der Waals surface area contributed by atoms with E-state index < -0.39 is 0 Å². The average Bonchev–Trinajstić information content (AvgIpc) is 2.78. The van der Waals surface area contributed by atoms with Crippen LogP contribution in [0.2, 0.25) is 0 Å². The van der Waals surface area contributed by atoms with Gasteiger partial charge in [0.15, 0.2) is 0 Å². The van der Waals surface area contributed by atoms with E-state index in [4.69, 9.17) is 4.74 Å². The van der Waals surface area contributed by atoms with Crippen molar-refractivity contribution in [2.45, 2.75) is 13.8 Å². The fourth-order valence-electron chi connectivity index (χ4n) is 2.14. The second kappa shape index (κ2) is 5.82. The molecular formula is C14H19N5O2. The summed E-state index contributed by atoms with van der Waals surface area (Å²) in [7, 11) is 5.29. The van der Waals surface area contributed by atoms with Gasteiger partial charge >= 0.3 is 0 Å². The number of ether oxygens (including phenoxy) is 1. The Balaban J connectivity index is 2.41. The number of aromatic amines is 1. The maximum Gasteiger partial charge on any atom is 0.259 e. The van der Waals surface area contributed by atoms with E-state index in [9.17, 15) is 4.79 Å². The summed E-state index contributed by atoms with van der Waals surface area (Å²) >= 11 is 0. The predicted octanol–water partition coefficient (Wildman–Crippen LogP) is 1.75. The summed E-state index contributed by atoms with van der Waals surface area (Å²) in [6.45, 7) is 3.59. The molecule has 2 N–H and O–H groups in total. The predicted molar refractivity (Wildman–Crippen MR) is 81.1 cm³/mol. The number of anilines is 2. The Morgan fingerprint density at radius 3 is 2.62 bits per heavy atom. The van der Waals surface area contributed by atoms with Gasteiger partial charge in [0, 0.05) is 26.0 Å². The molecule has 0 spiro atoms. The second-order valence-electron chi connectivity index (χ2n) is 4.87. The van der Waals surface area contributed by atoms with Crippen LogP contribution in [-0.4, -0.2) is 42.3 Å². The summed E-state index contributed by atoms with van der Waals surface area (Å²) in [5.74, 6) is 0.126. The topological polar surface area (TPSA) is 83.1 Å². The molecule has 0 saturated carbocycles. The van der Waals surface area contributed by atoms with Gasteiger partial charge in [0.05, 0.1) is 24.1 Å². The molecule has 0 aliphatic carbocycles. The lowest BCUT2D eigenvalue weighted by molar-refractivity contribution is 0.102. The zero-order chi connectivity index (χ0) is 15.6. The van der Waals surface area contributed by atoms with Gasteiger partial charge in [-0.05, 0) is 19.9 Å². The molecule has 7 nitrogen and oxygen atoms in total. The number of hydrogen-bond acceptors (Lipinski definition) is 5. The summed E-state index contributed by atoms with van der Waals surface area (Å²) in [4.78, 5) is 18.5. The molecular weight excluding hydrogens is 270 g/mol. The molecule has 0 radical (unpaired) electrons. The number of carbonyl (C=O) groups is 1. The zero-order valence-corrected chi connectivity index (χ0v) is 12.8. The Morgan fingerprint density at radius 1 is 1.38 bits per heavy atom. The normalized spacial score (nSPS) is 10.3. The first-order valence-electron chi connectivity index (χ1n) is 6.49. The van der Waals surface area contributed by atoms with Gasteiger partial charge in [0.1, 0.15) is 5.69 Å². The summed E-state index contributed by atoms with van der Waals surface area (Å²) < 4.78 is 5.24. The number of aromatic nitrogens is 3. The maximum absolute atomic E-state index is 12.5. The number of nitrogens with one attached hydrogen (secondary N) is 2. The smallest absolute Gasteiger partial charge is 0.259 e. The van der Waals surface area contributed by atoms with Gasteiger partial charge in [-0.2, -0.15) is 5.10 Å². The fourth-order valence-corrected chi connectivity index (χ4v) is 2.14. The van der Waals surface area contributed by atoms with Gasteiger partial charge in [-0.15, -0.1) is 0 Å². The molecule has 2 heterocycles. The summed E-state index contributed by atoms with van der Waals surface area (Å²) in [5, 5.41) is 9.70. The van der Waals surface area contributed by atoms with E-state index in [0.717, 1.165) is 11.4 Å². The first-order chi connectivity index (χ1) is 9.95. The van der Waals surface area contributed by atoms with E-state index >= 15 is 0 Å². The summed E-state index contributed by atoms with van der Waals surface area (Å²) in [6, 6.07) is 1.81. The monoisotopic (exact) mass is 289 g/mol. The number of aryl methyl sites for hydroxylation is 2. The molecule has 112 valence electrons. The Labute approximate surface area is 123 Å². The molecule has 2 rings (SSSR count). The number of carbonyl (C=O) groups excluding carboxylic acids is 1. The molecule has 2 aromatic heterocycles. The van der Waals surface area contributed by atoms with Crippen LogP contribution >= 0.6 is 0 Å². The largest absolute Gasteiger partial charge is 0.479 e. The van der Waals surface area contributed by atoms with Crippen LogP contribution in [0.1, 0.15) is 21.7 Å². The maximum atomic E-state index is 12.5. The highest BCUT2D eigenvalue weighted by Crippen LogP contribution is 2.32. The number of pyridine rings is 1. The molecule has 0 aliphatic heterocycles. The van der Waals surface area contributed by atoms with E-state index in [0.29, 0.717) is 22.8 Å². The van der Waals surface area contributed by atoms with Crippen molar-refractivity contribution < 1.29 is 9.53 Å². The third-order valence-corrected chi connectivity index (χ3v) is 3.16. The molecule has 7 heteroatoms. The van der Waals surface area contributed by atoms with E-state index in [-0.39, 0.29) is 5.91 Å². The van der Waals surface area contributed by atoms with Crippen LogP contribution in [0.3, 0.4) is 0 Å². The van der Waals surface area contributed by atoms with E-state index in [1.807, 2.05) is 32.0 Å². The van der Waals surface area contributed by atoms with Gasteiger partial charge in [0.2, 0.25) is 5.88 Å². The molecule has 2 aromatic rings. The minimum Gasteiger partial charge on any atom is -0.479 e. The van der Waals surface area contributed by atoms with Crippen molar-refractivity contribution in [3.8, 4) is 5.88 Å². The molecule has 0 fully saturated rings. The van der Waals surface area contributed by atoms with Crippen molar-refractivity contribution in [1.82, 2.24) is 15.2 Å². The summed E-state index contributed by atoms with van der Waals surface area (Å²) in [5.41, 5.74) is 3.26. The van der Waals surface area contributed by atoms with Crippen molar-refractivity contribution in [1.29, 1.82) is 0 Å². The second-order valence-corrected chi connectivity index (χ2v) is 4.87. The third kappa shape index (κ3) is 2.81. The van der Waals surface area contributed by atoms with Crippen LogP contribution in [0.4, 0.5) is 11.4 Å². The Kier molecular flexibility index (Phi) is 4.11. The number of amides is 1. The number of hydrogen-bond donors (Lipinski definition) is 2. The standard InChI is InChI=1S/C14H19N5O2/c1-8-11(9(2)18-17-8)13(20)16-12-10(19(3)4)6-7-15-14(12)21-5/h6-7H,1-5H3,(H,16,20)(H,17,18). The van der Waals surface area contributed by atoms with Crippen LogP contribution in [0.15, 0.2) is 12.3 Å². The van der Waals surface area contributed by atoms with E-state index in [2.05, 4.69) is 20.5 Å². The number of nitrogens with zero attached hydrogens (tertiary/aromatic N) is 3. The van der Waals surface area contributed by atoms with E-state index in [1.165, 1.54) is 7.11 Å². The molecule has 1 amide bonds. The third-order valence-electron chi connectivity index (χ3n) is 3.16. The first-order valence-corrected chi connectivity index (χ1v) is 6.49. The molecule has 0 atom stereocenters. The first kappa shape index (κ1) is 14.8. The molecule has 0 aliphatic rings. The van der Waals surface area contributed by atoms with Gasteiger partial charge in [0.25, 0.3) is 5.91 Å². The molecule has 0 aromatic carbocycles. The van der Waals surface area contributed by atoms with Crippen molar-refractivity contribution in [2.75, 3.05) is 31.4 Å². The molecule has 0 bridgehead atoms. The van der Waals surface area contributed by atoms with Gasteiger partial charge in [-0.1, -0.05) is 0 Å². The Morgan fingerprint density at radius 2 is 2.10 bits per heavy atom. The zero-order valence-electron chi connectivity index (χ0n) is 12.8. The van der Waals surface area contributed by atoms with Crippen molar-refractivity contribution in [3.05, 3.63) is 29.2 Å². The minimum atomic E-state index is -0.242. The van der Waals surface area contributed by atoms with Crippen molar-refractivity contribution >= 4 is 17.3 Å². The van der Waals surface area contributed by atoms with Gasteiger partial charge in [-0.3, -0.25) is 9.89 Å². The number of H-pyrrole nitrogens is 1. The van der Waals surface area contributed by atoms with Crippen LogP contribution in [0, 0.1) is 13.8 Å². The fraction of sp³-hybridized carbons (Fsp3) is 0.357. The highest BCUT2D eigenvalue weighted by molar-refractivity contribution is 6.08. The van der Waals surface area contributed by atoms with Crippen LogP contribution < -0.4 is 15.0 Å². The van der Waals surface area contributed by atoms with Crippen LogP contribution in [-0.2, 0) is 0 Å². The molecule has 0 saturated heterocycles. The van der Waals surface area contributed by atoms with Crippen molar-refractivity contribution in [2.24, 2.45) is 0 Å². The molecule has 21 heavy (non-hydrogen) atoms. The van der Waals surface area contributed by atoms with Crippen LogP contribution in [0.25, 0.3) is 0 Å². The lowest BCUT2D eigenvalue weighted by Crippen LogP contribution is -2.18. The number of methoxy groups -OCH3 is 1. The van der Waals surface area contributed by atoms with Gasteiger partial charge in [-0.25, -0.2) is 4.98 Å². The highest BCUT2D eigenvalue weighted by Gasteiger charge is 2.20. The van der Waals surface area contributed by atoms with E-state index in [1.54, 1.807) is 13.1 Å².